The van der Waals surface area contributed by atoms with Crippen molar-refractivity contribution in [2.24, 2.45) is 0 Å². The van der Waals surface area contributed by atoms with Crippen molar-refractivity contribution in [1.29, 1.82) is 0 Å². The number of hydrogen-bond donors (Lipinski definition) is 1. The Morgan fingerprint density at radius 3 is 2.68 bits per heavy atom. The number of benzene rings is 2. The SMILES string of the molecule is O=C1C(CCO)Oc2ccccc2N1Cc1cccc(C(F)(F)I)c1. The van der Waals surface area contributed by atoms with Crippen LogP contribution in [0, 0.1) is 0 Å². The first-order chi connectivity index (χ1) is 11.9. The van der Waals surface area contributed by atoms with Crippen molar-refractivity contribution < 1.29 is 23.4 Å². The minimum Gasteiger partial charge on any atom is -0.478 e. The van der Waals surface area contributed by atoms with Crippen molar-refractivity contribution in [1.82, 2.24) is 0 Å². The Kier molecular flexibility index (Phi) is 5.24. The smallest absolute Gasteiger partial charge is 0.321 e. The van der Waals surface area contributed by atoms with Crippen molar-refractivity contribution in [3.63, 3.8) is 0 Å². The minimum atomic E-state index is -2.97. The number of aliphatic hydroxyl groups is 1. The lowest BCUT2D eigenvalue weighted by Gasteiger charge is -2.34. The molecule has 1 aliphatic rings. The number of hydrogen-bond acceptors (Lipinski definition) is 3. The molecular weight excluding hydrogens is 443 g/mol. The summed E-state index contributed by atoms with van der Waals surface area (Å²) in [7, 11) is 0. The third-order valence-corrected chi connectivity index (χ3v) is 4.58. The number of alkyl halides is 3. The summed E-state index contributed by atoms with van der Waals surface area (Å²) < 4.78 is 29.8. The molecule has 0 saturated carbocycles. The van der Waals surface area contributed by atoms with Crippen LogP contribution in [0.4, 0.5) is 14.5 Å². The number of nitrogens with zero attached hydrogens (tertiary/aromatic N) is 1. The Morgan fingerprint density at radius 1 is 1.20 bits per heavy atom. The largest absolute Gasteiger partial charge is 0.478 e. The summed E-state index contributed by atoms with van der Waals surface area (Å²) in [5, 5.41) is 9.15. The van der Waals surface area contributed by atoms with Gasteiger partial charge in [-0.3, -0.25) is 4.79 Å². The highest BCUT2D eigenvalue weighted by atomic mass is 127. The molecule has 1 atom stereocenters. The molecule has 1 heterocycles. The highest BCUT2D eigenvalue weighted by Gasteiger charge is 2.34. The summed E-state index contributed by atoms with van der Waals surface area (Å²) in [5.74, 6) is 0.246. The number of halogens is 3. The highest BCUT2D eigenvalue weighted by Crippen LogP contribution is 2.37. The van der Waals surface area contributed by atoms with Crippen molar-refractivity contribution in [3.05, 3.63) is 59.7 Å². The number of carbonyl (C=O) groups is 1. The lowest BCUT2D eigenvalue weighted by molar-refractivity contribution is -0.127. The third-order valence-electron chi connectivity index (χ3n) is 3.95. The second kappa shape index (κ2) is 7.25. The molecule has 0 saturated heterocycles. The number of aliphatic hydroxyl groups excluding tert-OH is 1. The number of ether oxygens (including phenoxy) is 1. The quantitative estimate of drug-likeness (QED) is 0.546. The summed E-state index contributed by atoms with van der Waals surface area (Å²) in [6, 6.07) is 13.1. The Bertz CT molecular complexity index is 779. The lowest BCUT2D eigenvalue weighted by atomic mass is 10.1. The van der Waals surface area contributed by atoms with Crippen LogP contribution in [0.1, 0.15) is 17.5 Å². The van der Waals surface area contributed by atoms with Crippen LogP contribution in [0.25, 0.3) is 0 Å². The van der Waals surface area contributed by atoms with Crippen LogP contribution in [0.15, 0.2) is 48.5 Å². The van der Waals surface area contributed by atoms with Gasteiger partial charge in [0.1, 0.15) is 5.75 Å². The molecule has 132 valence electrons. The van der Waals surface area contributed by atoms with Gasteiger partial charge in [-0.2, -0.15) is 8.78 Å². The predicted octanol–water partition coefficient (Wildman–Crippen LogP) is 3.85. The normalized spacial score (nSPS) is 17.2. The minimum absolute atomic E-state index is 0.105. The summed E-state index contributed by atoms with van der Waals surface area (Å²) in [4.78, 5) is 14.2. The molecule has 0 aliphatic carbocycles. The van der Waals surface area contributed by atoms with E-state index in [0.29, 0.717) is 17.0 Å². The molecule has 2 aromatic rings. The fourth-order valence-corrected chi connectivity index (χ4v) is 3.10. The lowest BCUT2D eigenvalue weighted by Crippen LogP contribution is -2.45. The van der Waals surface area contributed by atoms with Crippen LogP contribution in [0.3, 0.4) is 0 Å². The standard InChI is InChI=1S/C18H16F2INO3/c19-18(20,21)13-5-3-4-12(10-13)11-22-14-6-1-2-7-15(14)25-16(8-9-23)17(22)24/h1-7,10,16,23H,8-9,11H2. The average molecular weight is 459 g/mol. The van der Waals surface area contributed by atoms with E-state index in [1.807, 2.05) is 0 Å². The van der Waals surface area contributed by atoms with Crippen molar-refractivity contribution >= 4 is 34.2 Å². The maximum atomic E-state index is 13.5. The van der Waals surface area contributed by atoms with Crippen LogP contribution in [-0.4, -0.2) is 23.7 Å². The van der Waals surface area contributed by atoms with E-state index in [1.54, 1.807) is 36.4 Å². The molecule has 2 aromatic carbocycles. The van der Waals surface area contributed by atoms with E-state index in [-0.39, 0.29) is 31.0 Å². The Labute approximate surface area is 157 Å². The van der Waals surface area contributed by atoms with Crippen molar-refractivity contribution in [2.45, 2.75) is 23.0 Å². The zero-order valence-electron chi connectivity index (χ0n) is 13.2. The van der Waals surface area contributed by atoms with Crippen LogP contribution < -0.4 is 9.64 Å². The molecule has 1 N–H and O–H groups in total. The zero-order valence-corrected chi connectivity index (χ0v) is 15.3. The Balaban J connectivity index is 1.94. The molecule has 1 aliphatic heterocycles. The van der Waals surface area contributed by atoms with Crippen LogP contribution in [0.2, 0.25) is 0 Å². The first-order valence-electron chi connectivity index (χ1n) is 7.74. The second-order valence-electron chi connectivity index (χ2n) is 5.71. The molecule has 4 nitrogen and oxygen atoms in total. The van der Waals surface area contributed by atoms with E-state index in [4.69, 9.17) is 9.84 Å². The summed E-state index contributed by atoms with van der Waals surface area (Å²) in [6.07, 6.45) is -0.607. The third kappa shape index (κ3) is 3.92. The molecule has 7 heteroatoms. The van der Waals surface area contributed by atoms with Gasteiger partial charge in [-0.25, -0.2) is 0 Å². The van der Waals surface area contributed by atoms with Gasteiger partial charge in [0.15, 0.2) is 6.10 Å². The molecule has 0 fully saturated rings. The monoisotopic (exact) mass is 459 g/mol. The molecule has 25 heavy (non-hydrogen) atoms. The number of amides is 1. The van der Waals surface area contributed by atoms with Gasteiger partial charge in [0.2, 0.25) is 0 Å². The molecule has 3 rings (SSSR count). The maximum Gasteiger partial charge on any atom is 0.321 e. The molecule has 0 bridgehead atoms. The van der Waals surface area contributed by atoms with Gasteiger partial charge in [-0.1, -0.05) is 30.3 Å². The molecule has 0 spiro atoms. The van der Waals surface area contributed by atoms with Crippen LogP contribution in [-0.2, 0) is 15.3 Å². The predicted molar refractivity (Wildman–Crippen MR) is 98.1 cm³/mol. The number of rotatable bonds is 5. The fraction of sp³-hybridized carbons (Fsp3) is 0.278. The molecule has 1 amide bonds. The molecule has 0 radical (unpaired) electrons. The van der Waals surface area contributed by atoms with E-state index in [1.165, 1.54) is 17.0 Å². The van der Waals surface area contributed by atoms with E-state index in [0.717, 1.165) is 22.6 Å². The highest BCUT2D eigenvalue weighted by molar-refractivity contribution is 14.1. The van der Waals surface area contributed by atoms with E-state index in [9.17, 15) is 13.6 Å². The van der Waals surface area contributed by atoms with Gasteiger partial charge < -0.3 is 14.7 Å². The number of fused-ring (bicyclic) bond motifs is 1. The van der Waals surface area contributed by atoms with Gasteiger partial charge in [0.05, 0.1) is 12.2 Å². The zero-order chi connectivity index (χ0) is 18.0. The Morgan fingerprint density at radius 2 is 1.96 bits per heavy atom. The van der Waals surface area contributed by atoms with E-state index < -0.39 is 10.0 Å². The molecule has 1 unspecified atom stereocenters. The van der Waals surface area contributed by atoms with Gasteiger partial charge in [-0.05, 0) is 23.8 Å². The van der Waals surface area contributed by atoms with Gasteiger partial charge >= 0.3 is 3.93 Å². The van der Waals surface area contributed by atoms with Crippen molar-refractivity contribution in [3.8, 4) is 5.75 Å². The van der Waals surface area contributed by atoms with Gasteiger partial charge in [-0.15, -0.1) is 0 Å². The summed E-state index contributed by atoms with van der Waals surface area (Å²) >= 11 is 1.09. The van der Waals surface area contributed by atoms with Gasteiger partial charge in [0, 0.05) is 41.2 Å². The van der Waals surface area contributed by atoms with Crippen LogP contribution in [0.5, 0.6) is 5.75 Å². The van der Waals surface area contributed by atoms with Crippen molar-refractivity contribution in [2.75, 3.05) is 11.5 Å². The fourth-order valence-electron chi connectivity index (χ4n) is 2.77. The first kappa shape index (κ1) is 18.1. The van der Waals surface area contributed by atoms with Gasteiger partial charge in [0.25, 0.3) is 5.91 Å². The van der Waals surface area contributed by atoms with E-state index >= 15 is 0 Å². The number of anilines is 1. The summed E-state index contributed by atoms with van der Waals surface area (Å²) in [6.45, 7) is -0.0232. The Hall–Kier alpha value is -1.74. The first-order valence-corrected chi connectivity index (χ1v) is 8.82. The summed E-state index contributed by atoms with van der Waals surface area (Å²) in [5.41, 5.74) is 1.08. The maximum absolute atomic E-state index is 13.5. The number of para-hydroxylation sites is 2. The van der Waals surface area contributed by atoms with E-state index in [2.05, 4.69) is 0 Å². The second-order valence-corrected chi connectivity index (χ2v) is 7.06. The topological polar surface area (TPSA) is 49.8 Å². The molecule has 0 aromatic heterocycles. The number of carbonyl (C=O) groups excluding carboxylic acids is 1. The average Bonchev–Trinajstić information content (AvgIpc) is 2.58. The molecular formula is C18H16F2INO3. The van der Waals surface area contributed by atoms with Crippen LogP contribution >= 0.6 is 22.6 Å².